The van der Waals surface area contributed by atoms with Crippen LogP contribution in [-0.4, -0.2) is 16.5 Å². The molecule has 0 heterocycles. The second-order valence-electron chi connectivity index (χ2n) is 3.93. The van der Waals surface area contributed by atoms with E-state index < -0.39 is 5.97 Å². The molecule has 1 N–H and O–H groups in total. The van der Waals surface area contributed by atoms with Crippen molar-refractivity contribution in [1.29, 1.82) is 0 Å². The van der Waals surface area contributed by atoms with Crippen LogP contribution in [0.2, 0.25) is 0 Å². The number of carbonyl (C=O) groups is 1. The number of hydrogen-bond donors (Lipinski definition) is 1. The molecule has 1 unspecified atom stereocenters. The molecule has 1 rings (SSSR count). The number of hydrogen-bond acceptors (Lipinski definition) is 1. The van der Waals surface area contributed by atoms with Gasteiger partial charge < -0.3 is 5.11 Å². The van der Waals surface area contributed by atoms with Gasteiger partial charge in [-0.25, -0.2) is 0 Å². The average molecular weight is 241 g/mol. The molecule has 0 bridgehead atoms. The van der Waals surface area contributed by atoms with E-state index in [0.29, 0.717) is 0 Å². The quantitative estimate of drug-likeness (QED) is 0.585. The van der Waals surface area contributed by atoms with Crippen LogP contribution < -0.4 is 0 Å². The molecule has 3 heteroatoms. The van der Waals surface area contributed by atoms with E-state index in [0.717, 1.165) is 25.7 Å². The minimum atomic E-state index is -0.817. The molecular weight excluding hydrogens is 224 g/mol. The zero-order valence-electron chi connectivity index (χ0n) is 9.23. The van der Waals surface area contributed by atoms with Crippen molar-refractivity contribution in [3.8, 4) is 0 Å². The number of unbranched alkanes of at least 4 members (excludes halogenated alkanes) is 1. The van der Waals surface area contributed by atoms with Crippen LogP contribution in [0.4, 0.5) is 0 Å². The molecule has 88 valence electrons. The van der Waals surface area contributed by atoms with Gasteiger partial charge in [-0.15, -0.1) is 11.6 Å². The third kappa shape index (κ3) is 5.76. The summed E-state index contributed by atoms with van der Waals surface area (Å²) in [5.41, 5.74) is 1.33. The first-order valence-electron chi connectivity index (χ1n) is 5.58. The summed E-state index contributed by atoms with van der Waals surface area (Å²) in [6.07, 6.45) is 3.92. The summed E-state index contributed by atoms with van der Waals surface area (Å²) in [5.74, 6) is -0.817. The van der Waals surface area contributed by atoms with Gasteiger partial charge in [0.1, 0.15) is 0 Å². The van der Waals surface area contributed by atoms with Gasteiger partial charge in [0.2, 0.25) is 0 Å². The highest BCUT2D eigenvalue weighted by atomic mass is 35.5. The Labute approximate surface area is 101 Å². The normalized spacial score (nSPS) is 12.3. The number of rotatable bonds is 7. The monoisotopic (exact) mass is 240 g/mol. The van der Waals surface area contributed by atoms with Crippen LogP contribution >= 0.6 is 11.6 Å². The Morgan fingerprint density at radius 3 is 2.56 bits per heavy atom. The van der Waals surface area contributed by atoms with Gasteiger partial charge in [-0.1, -0.05) is 36.8 Å². The Balaban J connectivity index is 2.10. The highest BCUT2D eigenvalue weighted by Crippen LogP contribution is 2.13. The lowest BCUT2D eigenvalue weighted by Crippen LogP contribution is -2.06. The fourth-order valence-corrected chi connectivity index (χ4v) is 1.92. The van der Waals surface area contributed by atoms with Gasteiger partial charge in [-0.05, 0) is 24.8 Å². The second kappa shape index (κ2) is 7.29. The van der Waals surface area contributed by atoms with E-state index in [-0.39, 0.29) is 11.8 Å². The molecule has 0 fully saturated rings. The molecule has 0 aliphatic rings. The van der Waals surface area contributed by atoms with Crippen LogP contribution in [0.15, 0.2) is 30.3 Å². The predicted octanol–water partition coefficient (Wildman–Crippen LogP) is 3.48. The molecule has 0 saturated heterocycles. The molecule has 0 radical (unpaired) electrons. The van der Waals surface area contributed by atoms with Crippen LogP contribution in [0.1, 0.15) is 31.2 Å². The van der Waals surface area contributed by atoms with E-state index in [1.54, 1.807) is 0 Å². The molecule has 1 atom stereocenters. The fourth-order valence-electron chi connectivity index (χ4n) is 1.63. The zero-order valence-corrected chi connectivity index (χ0v) is 9.99. The zero-order chi connectivity index (χ0) is 11.8. The lowest BCUT2D eigenvalue weighted by atomic mass is 10.1. The molecular formula is C13H17ClO2. The first-order valence-corrected chi connectivity index (χ1v) is 6.02. The first-order chi connectivity index (χ1) is 7.68. The van der Waals surface area contributed by atoms with Gasteiger partial charge >= 0.3 is 5.97 Å². The topological polar surface area (TPSA) is 37.3 Å². The number of halogens is 1. The molecule has 2 nitrogen and oxygen atoms in total. The highest BCUT2D eigenvalue weighted by molar-refractivity contribution is 6.21. The number of aliphatic carboxylic acids is 1. The van der Waals surface area contributed by atoms with E-state index in [1.165, 1.54) is 5.56 Å². The molecule has 0 aliphatic heterocycles. The van der Waals surface area contributed by atoms with Gasteiger partial charge in [0, 0.05) is 5.38 Å². The summed E-state index contributed by atoms with van der Waals surface area (Å²) in [4.78, 5) is 10.4. The number of carboxylic acids is 1. The lowest BCUT2D eigenvalue weighted by molar-refractivity contribution is -0.137. The van der Waals surface area contributed by atoms with Crippen molar-refractivity contribution in [3.63, 3.8) is 0 Å². The second-order valence-corrected chi connectivity index (χ2v) is 4.54. The van der Waals surface area contributed by atoms with Crippen LogP contribution in [-0.2, 0) is 11.2 Å². The Morgan fingerprint density at radius 1 is 1.25 bits per heavy atom. The summed E-state index contributed by atoms with van der Waals surface area (Å²) in [5, 5.41) is 8.31. The van der Waals surface area contributed by atoms with Gasteiger partial charge in [0.05, 0.1) is 6.42 Å². The maximum atomic E-state index is 10.4. The smallest absolute Gasteiger partial charge is 0.304 e. The largest absolute Gasteiger partial charge is 0.481 e. The van der Waals surface area contributed by atoms with E-state index in [4.69, 9.17) is 16.7 Å². The van der Waals surface area contributed by atoms with Crippen molar-refractivity contribution in [3.05, 3.63) is 35.9 Å². The third-order valence-electron chi connectivity index (χ3n) is 2.47. The molecule has 1 aromatic carbocycles. The van der Waals surface area contributed by atoms with Crippen LogP contribution in [0.3, 0.4) is 0 Å². The molecule has 0 saturated carbocycles. The molecule has 0 amide bonds. The highest BCUT2D eigenvalue weighted by Gasteiger charge is 2.08. The number of aryl methyl sites for hydroxylation is 1. The van der Waals surface area contributed by atoms with E-state index in [1.807, 2.05) is 18.2 Å². The van der Waals surface area contributed by atoms with Gasteiger partial charge in [0.25, 0.3) is 0 Å². The minimum Gasteiger partial charge on any atom is -0.481 e. The SMILES string of the molecule is O=C(O)CC(Cl)CCCCc1ccccc1. The molecule has 0 spiro atoms. The summed E-state index contributed by atoms with van der Waals surface area (Å²) < 4.78 is 0. The maximum Gasteiger partial charge on any atom is 0.304 e. The van der Waals surface area contributed by atoms with Crippen molar-refractivity contribution < 1.29 is 9.90 Å². The number of carboxylic acid groups (broad SMARTS) is 1. The predicted molar refractivity (Wildman–Crippen MR) is 65.9 cm³/mol. The summed E-state index contributed by atoms with van der Waals surface area (Å²) in [6.45, 7) is 0. The van der Waals surface area contributed by atoms with Crippen LogP contribution in [0.5, 0.6) is 0 Å². The van der Waals surface area contributed by atoms with E-state index >= 15 is 0 Å². The van der Waals surface area contributed by atoms with Crippen molar-refractivity contribution in [2.75, 3.05) is 0 Å². The first kappa shape index (κ1) is 13.0. The Hall–Kier alpha value is -1.02. The van der Waals surface area contributed by atoms with Crippen molar-refractivity contribution in [2.24, 2.45) is 0 Å². The Bertz CT molecular complexity index is 311. The molecule has 1 aromatic rings. The van der Waals surface area contributed by atoms with Crippen LogP contribution in [0, 0.1) is 0 Å². The van der Waals surface area contributed by atoms with Crippen molar-refractivity contribution >= 4 is 17.6 Å². The lowest BCUT2D eigenvalue weighted by Gasteiger charge is -2.06. The van der Waals surface area contributed by atoms with Crippen molar-refractivity contribution in [1.82, 2.24) is 0 Å². The number of benzene rings is 1. The Morgan fingerprint density at radius 2 is 1.94 bits per heavy atom. The van der Waals surface area contributed by atoms with E-state index in [2.05, 4.69) is 12.1 Å². The van der Waals surface area contributed by atoms with Gasteiger partial charge in [-0.2, -0.15) is 0 Å². The molecule has 16 heavy (non-hydrogen) atoms. The van der Waals surface area contributed by atoms with E-state index in [9.17, 15) is 4.79 Å². The average Bonchev–Trinajstić information content (AvgIpc) is 2.25. The molecule has 0 aliphatic carbocycles. The maximum absolute atomic E-state index is 10.4. The Kier molecular flexibility index (Phi) is 5.94. The standard InChI is InChI=1S/C13H17ClO2/c14-12(10-13(15)16)9-5-4-8-11-6-2-1-3-7-11/h1-3,6-7,12H,4-5,8-10H2,(H,15,16). The summed E-state index contributed by atoms with van der Waals surface area (Å²) in [6, 6.07) is 10.3. The van der Waals surface area contributed by atoms with Crippen molar-refractivity contribution in [2.45, 2.75) is 37.5 Å². The number of alkyl halides is 1. The third-order valence-corrected chi connectivity index (χ3v) is 2.84. The fraction of sp³-hybridized carbons (Fsp3) is 0.462. The summed E-state index contributed by atoms with van der Waals surface area (Å²) in [7, 11) is 0. The molecule has 0 aromatic heterocycles. The van der Waals surface area contributed by atoms with Crippen LogP contribution in [0.25, 0.3) is 0 Å². The summed E-state index contributed by atoms with van der Waals surface area (Å²) >= 11 is 5.88. The minimum absolute atomic E-state index is 0.0624. The van der Waals surface area contributed by atoms with Gasteiger partial charge in [0.15, 0.2) is 0 Å². The van der Waals surface area contributed by atoms with Gasteiger partial charge in [-0.3, -0.25) is 4.79 Å².